The second-order valence-electron chi connectivity index (χ2n) is 4.82. The van der Waals surface area contributed by atoms with Crippen LogP contribution in [-0.2, 0) is 16.4 Å². The first-order valence-corrected chi connectivity index (χ1v) is 10.1. The topological polar surface area (TPSA) is 37.4 Å². The lowest BCUT2D eigenvalue weighted by Crippen LogP contribution is -2.43. The molecule has 3 nitrogen and oxygen atoms in total. The number of alkyl halides is 1. The van der Waals surface area contributed by atoms with E-state index < -0.39 is 10.0 Å². The predicted octanol–water partition coefficient (Wildman–Crippen LogP) is 3.64. The van der Waals surface area contributed by atoms with Crippen molar-refractivity contribution in [3.05, 3.63) is 17.0 Å². The molecule has 0 saturated carbocycles. The second-order valence-corrected chi connectivity index (χ2v) is 8.90. The number of sulfonamides is 1. The van der Waals surface area contributed by atoms with Crippen molar-refractivity contribution in [2.75, 3.05) is 11.9 Å². The molecule has 19 heavy (non-hydrogen) atoms. The average molecular weight is 366 g/mol. The molecular formula is C13H20BrNO2S2. The molecule has 1 aromatic heterocycles. The molecule has 1 aromatic rings. The highest BCUT2D eigenvalue weighted by Crippen LogP contribution is 2.31. The minimum atomic E-state index is -3.29. The number of thiophene rings is 1. The van der Waals surface area contributed by atoms with Gasteiger partial charge in [-0.3, -0.25) is 0 Å². The van der Waals surface area contributed by atoms with E-state index in [1.807, 2.05) is 6.07 Å². The number of hydrogen-bond donors (Lipinski definition) is 0. The maximum absolute atomic E-state index is 12.7. The zero-order valence-corrected chi connectivity index (χ0v) is 14.4. The first-order chi connectivity index (χ1) is 9.09. The molecule has 0 radical (unpaired) electrons. The quantitative estimate of drug-likeness (QED) is 0.746. The van der Waals surface area contributed by atoms with Gasteiger partial charge in [-0.25, -0.2) is 8.42 Å². The highest BCUT2D eigenvalue weighted by molar-refractivity contribution is 9.09. The summed E-state index contributed by atoms with van der Waals surface area (Å²) in [6, 6.07) is 3.85. The molecule has 0 bridgehead atoms. The van der Waals surface area contributed by atoms with Gasteiger partial charge in [0, 0.05) is 22.8 Å². The van der Waals surface area contributed by atoms with Crippen LogP contribution in [0.4, 0.5) is 0 Å². The maximum Gasteiger partial charge on any atom is 0.252 e. The first kappa shape index (κ1) is 15.5. The van der Waals surface area contributed by atoms with Crippen LogP contribution >= 0.6 is 27.3 Å². The third-order valence-electron chi connectivity index (χ3n) is 3.56. The minimum absolute atomic E-state index is 0.158. The Morgan fingerprint density at radius 3 is 2.84 bits per heavy atom. The Kier molecular flexibility index (Phi) is 5.45. The normalized spacial score (nSPS) is 21.7. The van der Waals surface area contributed by atoms with E-state index in [1.54, 1.807) is 10.4 Å². The van der Waals surface area contributed by atoms with E-state index >= 15 is 0 Å². The zero-order valence-electron chi connectivity index (χ0n) is 11.1. The molecule has 1 aliphatic heterocycles. The van der Waals surface area contributed by atoms with Crippen molar-refractivity contribution in [2.24, 2.45) is 0 Å². The number of halogens is 1. The molecule has 1 unspecified atom stereocenters. The van der Waals surface area contributed by atoms with Gasteiger partial charge in [0.2, 0.25) is 0 Å². The summed E-state index contributed by atoms with van der Waals surface area (Å²) in [5, 5.41) is 0.855. The highest BCUT2D eigenvalue weighted by atomic mass is 79.9. The molecule has 2 heterocycles. The molecule has 0 amide bonds. The smallest absolute Gasteiger partial charge is 0.206 e. The lowest BCUT2D eigenvalue weighted by molar-refractivity contribution is 0.248. The van der Waals surface area contributed by atoms with E-state index in [0.717, 1.165) is 42.3 Å². The molecule has 1 saturated heterocycles. The Labute approximate surface area is 128 Å². The van der Waals surface area contributed by atoms with Crippen molar-refractivity contribution in [3.63, 3.8) is 0 Å². The molecule has 1 aliphatic rings. The van der Waals surface area contributed by atoms with Gasteiger partial charge in [0.1, 0.15) is 4.21 Å². The van der Waals surface area contributed by atoms with E-state index in [4.69, 9.17) is 0 Å². The third-order valence-corrected chi connectivity index (χ3v) is 7.67. The number of nitrogens with zero attached hydrogens (tertiary/aromatic N) is 1. The Hall–Kier alpha value is 0.0900. The highest BCUT2D eigenvalue weighted by Gasteiger charge is 2.33. The summed E-state index contributed by atoms with van der Waals surface area (Å²) in [4.78, 5) is 1.13. The van der Waals surface area contributed by atoms with Gasteiger partial charge in [-0.05, 0) is 37.8 Å². The Morgan fingerprint density at radius 2 is 2.21 bits per heavy atom. The van der Waals surface area contributed by atoms with Gasteiger partial charge in [-0.15, -0.1) is 11.3 Å². The van der Waals surface area contributed by atoms with Gasteiger partial charge in [-0.2, -0.15) is 4.31 Å². The predicted molar refractivity (Wildman–Crippen MR) is 83.6 cm³/mol. The van der Waals surface area contributed by atoms with Gasteiger partial charge >= 0.3 is 0 Å². The van der Waals surface area contributed by atoms with Crippen molar-refractivity contribution in [1.29, 1.82) is 0 Å². The van der Waals surface area contributed by atoms with Gasteiger partial charge in [0.15, 0.2) is 0 Å². The van der Waals surface area contributed by atoms with E-state index in [2.05, 4.69) is 22.9 Å². The maximum atomic E-state index is 12.7. The number of piperidine rings is 1. The van der Waals surface area contributed by atoms with E-state index in [0.29, 0.717) is 10.8 Å². The summed E-state index contributed by atoms with van der Waals surface area (Å²) >= 11 is 4.84. The SMILES string of the molecule is CCc1ccc(S(=O)(=O)N2CCCCC2CCBr)s1. The first-order valence-electron chi connectivity index (χ1n) is 6.76. The van der Waals surface area contributed by atoms with Crippen LogP contribution < -0.4 is 0 Å². The molecule has 0 N–H and O–H groups in total. The fourth-order valence-electron chi connectivity index (χ4n) is 2.51. The van der Waals surface area contributed by atoms with E-state index in [9.17, 15) is 8.42 Å². The van der Waals surface area contributed by atoms with Crippen LogP contribution in [0.2, 0.25) is 0 Å². The van der Waals surface area contributed by atoms with Crippen LogP contribution in [0.3, 0.4) is 0 Å². The fraction of sp³-hybridized carbons (Fsp3) is 0.692. The lowest BCUT2D eigenvalue weighted by atomic mass is 10.0. The number of rotatable bonds is 5. The van der Waals surface area contributed by atoms with Gasteiger partial charge in [-0.1, -0.05) is 29.3 Å². The van der Waals surface area contributed by atoms with Crippen LogP contribution in [0.1, 0.15) is 37.5 Å². The van der Waals surface area contributed by atoms with Crippen molar-refractivity contribution in [3.8, 4) is 0 Å². The summed E-state index contributed by atoms with van der Waals surface area (Å²) in [5.41, 5.74) is 0. The van der Waals surface area contributed by atoms with Crippen molar-refractivity contribution < 1.29 is 8.42 Å². The number of hydrogen-bond acceptors (Lipinski definition) is 3. The molecule has 1 atom stereocenters. The summed E-state index contributed by atoms with van der Waals surface area (Å²) in [7, 11) is -3.29. The lowest BCUT2D eigenvalue weighted by Gasteiger charge is -2.34. The van der Waals surface area contributed by atoms with E-state index in [1.165, 1.54) is 11.3 Å². The monoisotopic (exact) mass is 365 g/mol. The Bertz CT molecular complexity index is 510. The average Bonchev–Trinajstić information content (AvgIpc) is 2.89. The molecule has 2 rings (SSSR count). The van der Waals surface area contributed by atoms with Crippen molar-refractivity contribution in [1.82, 2.24) is 4.31 Å². The van der Waals surface area contributed by atoms with Crippen LogP contribution in [-0.4, -0.2) is 30.6 Å². The molecule has 6 heteroatoms. The molecule has 1 fully saturated rings. The number of aryl methyl sites for hydroxylation is 1. The fourth-order valence-corrected chi connectivity index (χ4v) is 6.18. The summed E-state index contributed by atoms with van der Waals surface area (Å²) < 4.78 is 27.7. The summed E-state index contributed by atoms with van der Waals surface area (Å²) in [6.07, 6.45) is 4.88. The molecule has 0 aromatic carbocycles. The molecular weight excluding hydrogens is 346 g/mol. The Morgan fingerprint density at radius 1 is 1.42 bits per heavy atom. The summed E-state index contributed by atoms with van der Waals surface area (Å²) in [5.74, 6) is 0. The van der Waals surface area contributed by atoms with Gasteiger partial charge in [0.25, 0.3) is 10.0 Å². The molecule has 0 aliphatic carbocycles. The van der Waals surface area contributed by atoms with Gasteiger partial charge in [0.05, 0.1) is 0 Å². The second kappa shape index (κ2) is 6.70. The Balaban J connectivity index is 2.25. The van der Waals surface area contributed by atoms with Crippen molar-refractivity contribution in [2.45, 2.75) is 49.3 Å². The zero-order chi connectivity index (χ0) is 13.9. The third kappa shape index (κ3) is 3.40. The van der Waals surface area contributed by atoms with Gasteiger partial charge < -0.3 is 0 Å². The summed E-state index contributed by atoms with van der Waals surface area (Å²) in [6.45, 7) is 2.72. The molecule has 0 spiro atoms. The molecule has 108 valence electrons. The van der Waals surface area contributed by atoms with Crippen LogP contribution in [0.15, 0.2) is 16.3 Å². The van der Waals surface area contributed by atoms with Crippen LogP contribution in [0, 0.1) is 0 Å². The standard InChI is InChI=1S/C13H20BrNO2S2/c1-2-12-6-7-13(18-12)19(16,17)15-10-4-3-5-11(15)8-9-14/h6-7,11H,2-5,8-10H2,1H3. The van der Waals surface area contributed by atoms with E-state index in [-0.39, 0.29) is 6.04 Å². The van der Waals surface area contributed by atoms with Crippen LogP contribution in [0.5, 0.6) is 0 Å². The van der Waals surface area contributed by atoms with Crippen molar-refractivity contribution >= 4 is 37.3 Å². The largest absolute Gasteiger partial charge is 0.252 e. The van der Waals surface area contributed by atoms with Crippen LogP contribution in [0.25, 0.3) is 0 Å². The minimum Gasteiger partial charge on any atom is -0.206 e.